The zero-order valence-corrected chi connectivity index (χ0v) is 10.5. The van der Waals surface area contributed by atoms with Crippen LogP contribution in [0.4, 0.5) is 0 Å². The Morgan fingerprint density at radius 2 is 1.82 bits per heavy atom. The molecule has 0 radical (unpaired) electrons. The minimum atomic E-state index is 0.0491. The molecular formula is C14H22N2O. The third kappa shape index (κ3) is 2.79. The molecule has 3 N–H and O–H groups in total. The number of phenols is 1. The molecule has 0 aromatic heterocycles. The molecule has 1 heterocycles. The highest BCUT2D eigenvalue weighted by Gasteiger charge is 2.32. The smallest absolute Gasteiger partial charge is 0.115 e. The molecule has 3 nitrogen and oxygen atoms in total. The molecule has 1 saturated heterocycles. The Balaban J connectivity index is 2.10. The molecule has 17 heavy (non-hydrogen) atoms. The van der Waals surface area contributed by atoms with Gasteiger partial charge in [-0.25, -0.2) is 0 Å². The van der Waals surface area contributed by atoms with Crippen LogP contribution in [0.3, 0.4) is 0 Å². The predicted octanol–water partition coefficient (Wildman–Crippen LogP) is 1.75. The zero-order chi connectivity index (χ0) is 12.3. The molecule has 1 fully saturated rings. The van der Waals surface area contributed by atoms with Gasteiger partial charge in [-0.3, -0.25) is 4.90 Å². The molecule has 1 unspecified atom stereocenters. The van der Waals surface area contributed by atoms with Gasteiger partial charge in [0.2, 0.25) is 0 Å². The van der Waals surface area contributed by atoms with Gasteiger partial charge in [0, 0.05) is 12.1 Å². The number of hydrogen-bond acceptors (Lipinski definition) is 3. The van der Waals surface area contributed by atoms with Crippen molar-refractivity contribution < 1.29 is 5.11 Å². The second-order valence-corrected chi connectivity index (χ2v) is 5.24. The number of phenolic OH excluding ortho intramolecular Hbond substituents is 1. The molecule has 0 bridgehead atoms. The highest BCUT2D eigenvalue weighted by atomic mass is 16.3. The number of benzene rings is 1. The van der Waals surface area contributed by atoms with Gasteiger partial charge in [0.25, 0.3) is 0 Å². The van der Waals surface area contributed by atoms with Crippen LogP contribution >= 0.6 is 0 Å². The highest BCUT2D eigenvalue weighted by molar-refractivity contribution is 5.27. The Morgan fingerprint density at radius 1 is 1.24 bits per heavy atom. The van der Waals surface area contributed by atoms with Gasteiger partial charge in [0.1, 0.15) is 5.75 Å². The van der Waals surface area contributed by atoms with Crippen LogP contribution in [0.2, 0.25) is 0 Å². The van der Waals surface area contributed by atoms with Crippen LogP contribution in [-0.4, -0.2) is 35.2 Å². The van der Waals surface area contributed by atoms with Crippen molar-refractivity contribution in [3.05, 3.63) is 29.8 Å². The second kappa shape index (κ2) is 5.07. The molecule has 0 saturated carbocycles. The molecule has 1 aliphatic heterocycles. The molecule has 94 valence electrons. The van der Waals surface area contributed by atoms with Crippen LogP contribution in [0.1, 0.15) is 25.3 Å². The van der Waals surface area contributed by atoms with E-state index >= 15 is 0 Å². The number of nitrogens with two attached hydrogens (primary N) is 1. The Kier molecular flexibility index (Phi) is 3.69. The van der Waals surface area contributed by atoms with E-state index in [4.69, 9.17) is 5.73 Å². The summed E-state index contributed by atoms with van der Waals surface area (Å²) < 4.78 is 0. The van der Waals surface area contributed by atoms with Crippen LogP contribution in [0.5, 0.6) is 5.75 Å². The van der Waals surface area contributed by atoms with Crippen LogP contribution in [-0.2, 0) is 6.42 Å². The summed E-state index contributed by atoms with van der Waals surface area (Å²) in [7, 11) is 0. The first-order valence-electron chi connectivity index (χ1n) is 6.37. The molecule has 0 amide bonds. The van der Waals surface area contributed by atoms with E-state index in [1.165, 1.54) is 18.4 Å². The maximum atomic E-state index is 9.29. The monoisotopic (exact) mass is 234 g/mol. The lowest BCUT2D eigenvalue weighted by atomic mass is 9.91. The fourth-order valence-electron chi connectivity index (χ4n) is 2.62. The third-order valence-corrected chi connectivity index (χ3v) is 3.83. The lowest BCUT2D eigenvalue weighted by Gasteiger charge is -2.38. The summed E-state index contributed by atoms with van der Waals surface area (Å²) in [6.45, 7) is 5.23. The van der Waals surface area contributed by atoms with E-state index in [0.29, 0.717) is 12.3 Å². The number of hydrogen-bond donors (Lipinski definition) is 2. The van der Waals surface area contributed by atoms with Gasteiger partial charge in [0.15, 0.2) is 0 Å². The van der Waals surface area contributed by atoms with Crippen molar-refractivity contribution in [2.24, 2.45) is 5.73 Å². The van der Waals surface area contributed by atoms with Gasteiger partial charge in [0.05, 0.1) is 0 Å². The maximum absolute atomic E-state index is 9.29. The van der Waals surface area contributed by atoms with Gasteiger partial charge in [-0.15, -0.1) is 0 Å². The quantitative estimate of drug-likeness (QED) is 0.834. The molecule has 2 rings (SSSR count). The summed E-state index contributed by atoms with van der Waals surface area (Å²) in [5.41, 5.74) is 7.26. The summed E-state index contributed by atoms with van der Waals surface area (Å²) in [4.78, 5) is 2.50. The zero-order valence-electron chi connectivity index (χ0n) is 10.5. The summed E-state index contributed by atoms with van der Waals surface area (Å²) in [5, 5.41) is 9.29. The maximum Gasteiger partial charge on any atom is 0.115 e. The number of likely N-dealkylation sites (tertiary alicyclic amines) is 1. The van der Waals surface area contributed by atoms with E-state index in [-0.39, 0.29) is 5.54 Å². The van der Waals surface area contributed by atoms with Crippen molar-refractivity contribution in [1.82, 2.24) is 4.90 Å². The fraction of sp³-hybridized carbons (Fsp3) is 0.571. The lowest BCUT2D eigenvalue weighted by molar-refractivity contribution is 0.143. The van der Waals surface area contributed by atoms with Crippen LogP contribution < -0.4 is 5.73 Å². The number of nitrogens with zero attached hydrogens (tertiary/aromatic N) is 1. The standard InChI is InChI=1S/C14H22N2O/c1-14(11-15,16-8-2-3-9-16)10-12-4-6-13(17)7-5-12/h4-7,17H,2-3,8-11,15H2,1H3. The van der Waals surface area contributed by atoms with E-state index in [1.54, 1.807) is 12.1 Å². The molecule has 3 heteroatoms. The summed E-state index contributed by atoms with van der Waals surface area (Å²) >= 11 is 0. The van der Waals surface area contributed by atoms with E-state index in [9.17, 15) is 5.11 Å². The SMILES string of the molecule is CC(CN)(Cc1ccc(O)cc1)N1CCCC1. The van der Waals surface area contributed by atoms with E-state index in [2.05, 4.69) is 11.8 Å². The fourth-order valence-corrected chi connectivity index (χ4v) is 2.62. The molecule has 0 spiro atoms. The Hall–Kier alpha value is -1.06. The lowest BCUT2D eigenvalue weighted by Crippen LogP contribution is -2.51. The van der Waals surface area contributed by atoms with Gasteiger partial charge in [-0.05, 0) is 57.0 Å². The molecule has 1 aromatic rings. The van der Waals surface area contributed by atoms with E-state index in [0.717, 1.165) is 19.5 Å². The van der Waals surface area contributed by atoms with E-state index < -0.39 is 0 Å². The van der Waals surface area contributed by atoms with Crippen LogP contribution in [0, 0.1) is 0 Å². The predicted molar refractivity (Wildman–Crippen MR) is 70.1 cm³/mol. The van der Waals surface area contributed by atoms with Gasteiger partial charge >= 0.3 is 0 Å². The third-order valence-electron chi connectivity index (χ3n) is 3.83. The largest absolute Gasteiger partial charge is 0.508 e. The number of rotatable bonds is 4. The summed E-state index contributed by atoms with van der Waals surface area (Å²) in [5.74, 6) is 0.323. The van der Waals surface area contributed by atoms with Crippen molar-refractivity contribution in [3.8, 4) is 5.75 Å². The second-order valence-electron chi connectivity index (χ2n) is 5.24. The summed E-state index contributed by atoms with van der Waals surface area (Å²) in [6.07, 6.45) is 3.51. The van der Waals surface area contributed by atoms with Crippen molar-refractivity contribution in [1.29, 1.82) is 0 Å². The Labute approximate surface area is 103 Å². The Bertz CT molecular complexity index is 357. The van der Waals surface area contributed by atoms with E-state index in [1.807, 2.05) is 12.1 Å². The van der Waals surface area contributed by atoms with Crippen molar-refractivity contribution in [2.75, 3.05) is 19.6 Å². The average Bonchev–Trinajstić information content (AvgIpc) is 2.86. The van der Waals surface area contributed by atoms with Crippen molar-refractivity contribution in [2.45, 2.75) is 31.7 Å². The molecule has 1 aromatic carbocycles. The average molecular weight is 234 g/mol. The van der Waals surface area contributed by atoms with Gasteiger partial charge < -0.3 is 10.8 Å². The van der Waals surface area contributed by atoms with Crippen molar-refractivity contribution >= 4 is 0 Å². The highest BCUT2D eigenvalue weighted by Crippen LogP contribution is 2.25. The van der Waals surface area contributed by atoms with Crippen LogP contribution in [0.15, 0.2) is 24.3 Å². The Morgan fingerprint density at radius 3 is 2.35 bits per heavy atom. The molecule has 1 aliphatic rings. The van der Waals surface area contributed by atoms with Gasteiger partial charge in [-0.1, -0.05) is 12.1 Å². The van der Waals surface area contributed by atoms with Crippen LogP contribution in [0.25, 0.3) is 0 Å². The molecular weight excluding hydrogens is 212 g/mol. The first-order valence-corrected chi connectivity index (χ1v) is 6.37. The molecule has 1 atom stereocenters. The summed E-state index contributed by atoms with van der Waals surface area (Å²) in [6, 6.07) is 7.46. The first kappa shape index (κ1) is 12.4. The number of aromatic hydroxyl groups is 1. The topological polar surface area (TPSA) is 49.5 Å². The minimum absolute atomic E-state index is 0.0491. The van der Waals surface area contributed by atoms with Crippen molar-refractivity contribution in [3.63, 3.8) is 0 Å². The first-order chi connectivity index (χ1) is 8.14. The normalized spacial score (nSPS) is 20.4. The molecule has 0 aliphatic carbocycles. The minimum Gasteiger partial charge on any atom is -0.508 e. The van der Waals surface area contributed by atoms with Gasteiger partial charge in [-0.2, -0.15) is 0 Å².